The SMILES string of the molecule is Nc1ccc(NC(=O)c2csnn2)cc1. The van der Waals surface area contributed by atoms with Crippen LogP contribution in [0.3, 0.4) is 0 Å². The molecule has 76 valence electrons. The number of rotatable bonds is 2. The van der Waals surface area contributed by atoms with Crippen LogP contribution in [0.2, 0.25) is 0 Å². The summed E-state index contributed by atoms with van der Waals surface area (Å²) >= 11 is 1.14. The van der Waals surface area contributed by atoms with Crippen molar-refractivity contribution in [3.63, 3.8) is 0 Å². The first-order valence-corrected chi connectivity index (χ1v) is 5.03. The first-order valence-electron chi connectivity index (χ1n) is 4.19. The fourth-order valence-corrected chi connectivity index (χ4v) is 1.46. The Bertz CT molecular complexity index is 451. The van der Waals surface area contributed by atoms with Gasteiger partial charge in [-0.05, 0) is 35.8 Å². The number of hydrogen-bond donors (Lipinski definition) is 2. The Labute approximate surface area is 90.1 Å². The Morgan fingerprint density at radius 2 is 2.07 bits per heavy atom. The van der Waals surface area contributed by atoms with Gasteiger partial charge in [-0.1, -0.05) is 4.49 Å². The van der Waals surface area contributed by atoms with E-state index < -0.39 is 0 Å². The van der Waals surface area contributed by atoms with E-state index in [4.69, 9.17) is 5.73 Å². The van der Waals surface area contributed by atoms with Gasteiger partial charge in [-0.2, -0.15) is 0 Å². The van der Waals surface area contributed by atoms with Gasteiger partial charge in [-0.15, -0.1) is 5.10 Å². The number of carbonyl (C=O) groups excluding carboxylic acids is 1. The van der Waals surface area contributed by atoms with E-state index in [1.165, 1.54) is 0 Å². The number of nitrogens with zero attached hydrogens (tertiary/aromatic N) is 2. The molecule has 2 aromatic rings. The molecule has 0 unspecified atom stereocenters. The summed E-state index contributed by atoms with van der Waals surface area (Å²) < 4.78 is 3.61. The Balaban J connectivity index is 2.09. The minimum Gasteiger partial charge on any atom is -0.399 e. The fraction of sp³-hybridized carbons (Fsp3) is 0. The molecule has 0 saturated heterocycles. The second-order valence-electron chi connectivity index (χ2n) is 2.87. The number of nitrogens with one attached hydrogen (secondary N) is 1. The summed E-state index contributed by atoms with van der Waals surface area (Å²) in [6.07, 6.45) is 0. The van der Waals surface area contributed by atoms with E-state index in [2.05, 4.69) is 14.9 Å². The van der Waals surface area contributed by atoms with Crippen molar-refractivity contribution in [1.82, 2.24) is 9.59 Å². The molecular weight excluding hydrogens is 212 g/mol. The summed E-state index contributed by atoms with van der Waals surface area (Å²) in [6.45, 7) is 0. The van der Waals surface area contributed by atoms with Gasteiger partial charge in [0.25, 0.3) is 5.91 Å². The van der Waals surface area contributed by atoms with Gasteiger partial charge in [0.15, 0.2) is 5.69 Å². The van der Waals surface area contributed by atoms with E-state index in [9.17, 15) is 4.79 Å². The fourth-order valence-electron chi connectivity index (χ4n) is 1.03. The second-order valence-corrected chi connectivity index (χ2v) is 3.48. The molecule has 2 rings (SSSR count). The smallest absolute Gasteiger partial charge is 0.277 e. The Kier molecular flexibility index (Phi) is 2.59. The van der Waals surface area contributed by atoms with Crippen LogP contribution in [0.25, 0.3) is 0 Å². The van der Waals surface area contributed by atoms with E-state index in [1.54, 1.807) is 29.6 Å². The normalized spacial score (nSPS) is 9.87. The minimum absolute atomic E-state index is 0.270. The standard InChI is InChI=1S/C9H8N4OS/c10-6-1-3-7(4-2-6)11-9(14)8-5-15-13-12-8/h1-5H,10H2,(H,11,14). The van der Waals surface area contributed by atoms with Crippen LogP contribution < -0.4 is 11.1 Å². The molecule has 0 aliphatic heterocycles. The maximum Gasteiger partial charge on any atom is 0.277 e. The van der Waals surface area contributed by atoms with Crippen molar-refractivity contribution in [2.75, 3.05) is 11.1 Å². The zero-order valence-corrected chi connectivity index (χ0v) is 8.49. The van der Waals surface area contributed by atoms with Crippen LogP contribution in [0.15, 0.2) is 29.6 Å². The number of amides is 1. The van der Waals surface area contributed by atoms with Crippen molar-refractivity contribution < 1.29 is 4.79 Å². The molecule has 6 heteroatoms. The molecule has 1 heterocycles. The Morgan fingerprint density at radius 3 is 2.67 bits per heavy atom. The monoisotopic (exact) mass is 220 g/mol. The molecule has 0 bridgehead atoms. The highest BCUT2D eigenvalue weighted by atomic mass is 32.1. The molecule has 0 radical (unpaired) electrons. The van der Waals surface area contributed by atoms with Crippen LogP contribution in [0.4, 0.5) is 11.4 Å². The first kappa shape index (κ1) is 9.60. The molecule has 1 amide bonds. The first-order chi connectivity index (χ1) is 7.25. The van der Waals surface area contributed by atoms with Crippen molar-refractivity contribution >= 4 is 28.8 Å². The van der Waals surface area contributed by atoms with Gasteiger partial charge in [0.2, 0.25) is 0 Å². The lowest BCUT2D eigenvalue weighted by Crippen LogP contribution is -2.12. The highest BCUT2D eigenvalue weighted by Gasteiger charge is 2.08. The summed E-state index contributed by atoms with van der Waals surface area (Å²) in [5.41, 5.74) is 7.17. The average Bonchev–Trinajstić information content (AvgIpc) is 2.74. The number of nitrogens with two attached hydrogens (primary N) is 1. The van der Waals surface area contributed by atoms with Crippen molar-refractivity contribution in [3.05, 3.63) is 35.3 Å². The van der Waals surface area contributed by atoms with Crippen molar-refractivity contribution in [2.45, 2.75) is 0 Å². The maximum atomic E-state index is 11.5. The molecular formula is C9H8N4OS. The highest BCUT2D eigenvalue weighted by molar-refractivity contribution is 7.03. The second kappa shape index (κ2) is 4.05. The van der Waals surface area contributed by atoms with Crippen LogP contribution >= 0.6 is 11.5 Å². The zero-order valence-electron chi connectivity index (χ0n) is 7.68. The predicted octanol–water partition coefficient (Wildman–Crippen LogP) is 1.37. The molecule has 0 spiro atoms. The minimum atomic E-state index is -0.270. The van der Waals surface area contributed by atoms with Crippen LogP contribution in [0, 0.1) is 0 Å². The molecule has 0 aliphatic carbocycles. The summed E-state index contributed by atoms with van der Waals surface area (Å²) in [4.78, 5) is 11.5. The van der Waals surface area contributed by atoms with Gasteiger partial charge < -0.3 is 11.1 Å². The van der Waals surface area contributed by atoms with E-state index >= 15 is 0 Å². The molecule has 0 atom stereocenters. The molecule has 15 heavy (non-hydrogen) atoms. The summed E-state index contributed by atoms with van der Waals surface area (Å²) in [6, 6.07) is 6.89. The van der Waals surface area contributed by atoms with Crippen molar-refractivity contribution in [2.24, 2.45) is 0 Å². The lowest BCUT2D eigenvalue weighted by molar-refractivity contribution is 0.102. The number of nitrogen functional groups attached to an aromatic ring is 1. The van der Waals surface area contributed by atoms with Gasteiger partial charge in [0, 0.05) is 16.8 Å². The van der Waals surface area contributed by atoms with Crippen molar-refractivity contribution in [1.29, 1.82) is 0 Å². The maximum absolute atomic E-state index is 11.5. The third-order valence-electron chi connectivity index (χ3n) is 1.76. The highest BCUT2D eigenvalue weighted by Crippen LogP contribution is 2.11. The van der Waals surface area contributed by atoms with Gasteiger partial charge in [0.05, 0.1) is 0 Å². The third kappa shape index (κ3) is 2.29. The van der Waals surface area contributed by atoms with Crippen LogP contribution in [0.1, 0.15) is 10.5 Å². The third-order valence-corrected chi connectivity index (χ3v) is 2.27. The number of carbonyl (C=O) groups is 1. The van der Waals surface area contributed by atoms with Crippen LogP contribution in [-0.2, 0) is 0 Å². The number of anilines is 2. The predicted molar refractivity (Wildman–Crippen MR) is 58.7 cm³/mol. The van der Waals surface area contributed by atoms with E-state index in [-0.39, 0.29) is 5.91 Å². The zero-order chi connectivity index (χ0) is 10.7. The number of hydrogen-bond acceptors (Lipinski definition) is 5. The molecule has 0 aliphatic rings. The molecule has 0 fully saturated rings. The molecule has 0 saturated carbocycles. The van der Waals surface area contributed by atoms with E-state index in [0.717, 1.165) is 11.5 Å². The Morgan fingerprint density at radius 1 is 1.33 bits per heavy atom. The van der Waals surface area contributed by atoms with Gasteiger partial charge >= 0.3 is 0 Å². The van der Waals surface area contributed by atoms with Crippen molar-refractivity contribution in [3.8, 4) is 0 Å². The molecule has 3 N–H and O–H groups in total. The average molecular weight is 220 g/mol. The van der Waals surface area contributed by atoms with Crippen LogP contribution in [0.5, 0.6) is 0 Å². The van der Waals surface area contributed by atoms with Gasteiger partial charge in [0.1, 0.15) is 0 Å². The topological polar surface area (TPSA) is 80.9 Å². The quantitative estimate of drug-likeness (QED) is 0.749. The summed E-state index contributed by atoms with van der Waals surface area (Å²) in [5, 5.41) is 7.93. The van der Waals surface area contributed by atoms with Gasteiger partial charge in [-0.3, -0.25) is 4.79 Å². The lowest BCUT2D eigenvalue weighted by atomic mass is 10.3. The number of benzene rings is 1. The number of aromatic nitrogens is 2. The summed E-state index contributed by atoms with van der Waals surface area (Å²) in [5.74, 6) is -0.270. The van der Waals surface area contributed by atoms with Crippen LogP contribution in [-0.4, -0.2) is 15.5 Å². The van der Waals surface area contributed by atoms with Gasteiger partial charge in [-0.25, -0.2) is 0 Å². The van der Waals surface area contributed by atoms with E-state index in [0.29, 0.717) is 17.1 Å². The molecule has 5 nitrogen and oxygen atoms in total. The summed E-state index contributed by atoms with van der Waals surface area (Å²) in [7, 11) is 0. The largest absolute Gasteiger partial charge is 0.399 e. The molecule has 1 aromatic heterocycles. The Hall–Kier alpha value is -1.95. The lowest BCUT2D eigenvalue weighted by Gasteiger charge is -2.02. The molecule has 1 aromatic carbocycles. The van der Waals surface area contributed by atoms with E-state index in [1.807, 2.05) is 0 Å².